The van der Waals surface area contributed by atoms with Crippen molar-refractivity contribution in [2.24, 2.45) is 4.99 Å². The van der Waals surface area contributed by atoms with Crippen molar-refractivity contribution < 1.29 is 4.74 Å². The van der Waals surface area contributed by atoms with Crippen molar-refractivity contribution in [2.75, 3.05) is 6.61 Å². The van der Waals surface area contributed by atoms with Crippen LogP contribution in [0.2, 0.25) is 5.15 Å². The summed E-state index contributed by atoms with van der Waals surface area (Å²) in [6.07, 6.45) is 2.71. The predicted molar refractivity (Wildman–Crippen MR) is 104 cm³/mol. The molecule has 0 unspecified atom stereocenters. The molecular formula is C19H16BrClN2O. The number of aliphatic imine (C=N–C) groups is 1. The van der Waals surface area contributed by atoms with Gasteiger partial charge in [-0.25, -0.2) is 4.98 Å². The second-order valence-electron chi connectivity index (χ2n) is 5.31. The average Bonchev–Trinajstić information content (AvgIpc) is 2.59. The number of fused-ring (bicyclic) bond motifs is 1. The number of hydrogen-bond acceptors (Lipinski definition) is 3. The van der Waals surface area contributed by atoms with E-state index in [2.05, 4.69) is 32.8 Å². The number of aromatic nitrogens is 1. The van der Waals surface area contributed by atoms with Crippen LogP contribution in [-0.4, -0.2) is 17.8 Å². The number of nitrogens with zero attached hydrogens (tertiary/aromatic N) is 2. The van der Waals surface area contributed by atoms with Crippen LogP contribution in [0.15, 0.2) is 58.0 Å². The van der Waals surface area contributed by atoms with Crippen LogP contribution in [0.5, 0.6) is 5.75 Å². The molecule has 0 spiro atoms. The zero-order valence-corrected chi connectivity index (χ0v) is 15.5. The predicted octanol–water partition coefficient (Wildman–Crippen LogP) is 6.19. The second-order valence-corrected chi connectivity index (χ2v) is 6.58. The van der Waals surface area contributed by atoms with E-state index in [1.54, 1.807) is 6.21 Å². The minimum absolute atomic E-state index is 0.436. The summed E-state index contributed by atoms with van der Waals surface area (Å²) in [5, 5.41) is 1.41. The van der Waals surface area contributed by atoms with Gasteiger partial charge in [0.25, 0.3) is 0 Å². The van der Waals surface area contributed by atoms with E-state index in [-0.39, 0.29) is 0 Å². The molecule has 0 aliphatic rings. The first-order valence-electron chi connectivity index (χ1n) is 7.68. The normalized spacial score (nSPS) is 11.3. The van der Waals surface area contributed by atoms with E-state index < -0.39 is 0 Å². The standard InChI is InChI=1S/C19H16BrClN2O/c1-2-9-24-17-7-8-18-13(11-17)10-14(19(21)23-18)12-22-16-5-3-15(20)4-6-16/h3-8,10-12H,2,9H2,1H3. The van der Waals surface area contributed by atoms with Gasteiger partial charge in [-0.15, -0.1) is 0 Å². The van der Waals surface area contributed by atoms with Gasteiger partial charge in [0.05, 0.1) is 17.8 Å². The molecule has 0 radical (unpaired) electrons. The molecule has 0 saturated heterocycles. The summed E-state index contributed by atoms with van der Waals surface area (Å²) in [6, 6.07) is 15.5. The largest absolute Gasteiger partial charge is 0.494 e. The fourth-order valence-corrected chi connectivity index (χ4v) is 2.68. The van der Waals surface area contributed by atoms with Crippen molar-refractivity contribution in [3.63, 3.8) is 0 Å². The Kier molecular flexibility index (Phi) is 5.48. The first-order chi connectivity index (χ1) is 11.7. The van der Waals surface area contributed by atoms with Gasteiger partial charge >= 0.3 is 0 Å². The quantitative estimate of drug-likeness (QED) is 0.376. The van der Waals surface area contributed by atoms with Gasteiger partial charge in [-0.05, 0) is 55.0 Å². The van der Waals surface area contributed by atoms with Gasteiger partial charge < -0.3 is 4.74 Å². The van der Waals surface area contributed by atoms with Crippen molar-refractivity contribution >= 4 is 50.3 Å². The monoisotopic (exact) mass is 402 g/mol. The first-order valence-corrected chi connectivity index (χ1v) is 8.85. The third-order valence-electron chi connectivity index (χ3n) is 3.42. The molecule has 5 heteroatoms. The molecule has 2 aromatic carbocycles. The van der Waals surface area contributed by atoms with Crippen molar-refractivity contribution in [1.29, 1.82) is 0 Å². The van der Waals surface area contributed by atoms with Crippen molar-refractivity contribution in [1.82, 2.24) is 4.98 Å². The fourth-order valence-electron chi connectivity index (χ4n) is 2.22. The SMILES string of the molecule is CCCOc1ccc2nc(Cl)c(C=Nc3ccc(Br)cc3)cc2c1. The second kappa shape index (κ2) is 7.77. The lowest BCUT2D eigenvalue weighted by atomic mass is 10.1. The third kappa shape index (κ3) is 4.13. The summed E-state index contributed by atoms with van der Waals surface area (Å²) >= 11 is 9.69. The highest BCUT2D eigenvalue weighted by Gasteiger charge is 2.05. The summed E-state index contributed by atoms with van der Waals surface area (Å²) in [6.45, 7) is 2.78. The molecule has 0 atom stereocenters. The fraction of sp³-hybridized carbons (Fsp3) is 0.158. The number of ether oxygens (including phenoxy) is 1. The van der Waals surface area contributed by atoms with Crippen LogP contribution in [0, 0.1) is 0 Å². The highest BCUT2D eigenvalue weighted by molar-refractivity contribution is 9.10. The van der Waals surface area contributed by atoms with E-state index in [9.17, 15) is 0 Å². The van der Waals surface area contributed by atoms with Gasteiger partial charge in [0.2, 0.25) is 0 Å². The number of hydrogen-bond donors (Lipinski definition) is 0. The maximum Gasteiger partial charge on any atom is 0.138 e. The lowest BCUT2D eigenvalue weighted by Gasteiger charge is -2.07. The Bertz CT molecular complexity index is 878. The topological polar surface area (TPSA) is 34.5 Å². The van der Waals surface area contributed by atoms with E-state index in [0.717, 1.165) is 38.8 Å². The van der Waals surface area contributed by atoms with Crippen LogP contribution in [0.4, 0.5) is 5.69 Å². The Morgan fingerprint density at radius 2 is 1.96 bits per heavy atom. The lowest BCUT2D eigenvalue weighted by Crippen LogP contribution is -1.95. The molecule has 122 valence electrons. The Morgan fingerprint density at radius 3 is 2.71 bits per heavy atom. The minimum Gasteiger partial charge on any atom is -0.494 e. The third-order valence-corrected chi connectivity index (χ3v) is 4.25. The molecule has 0 N–H and O–H groups in total. The van der Waals surface area contributed by atoms with Crippen molar-refractivity contribution in [3.05, 3.63) is 63.7 Å². The smallest absolute Gasteiger partial charge is 0.138 e. The molecule has 0 saturated carbocycles. The van der Waals surface area contributed by atoms with Gasteiger partial charge in [-0.3, -0.25) is 4.99 Å². The average molecular weight is 404 g/mol. The Morgan fingerprint density at radius 1 is 1.17 bits per heavy atom. The van der Waals surface area contributed by atoms with E-state index in [0.29, 0.717) is 11.8 Å². The van der Waals surface area contributed by atoms with E-state index in [4.69, 9.17) is 16.3 Å². The van der Waals surface area contributed by atoms with Crippen LogP contribution in [-0.2, 0) is 0 Å². The molecule has 0 aliphatic carbocycles. The van der Waals surface area contributed by atoms with Gasteiger partial charge in [-0.2, -0.15) is 0 Å². The summed E-state index contributed by atoms with van der Waals surface area (Å²) < 4.78 is 6.69. The highest BCUT2D eigenvalue weighted by atomic mass is 79.9. The van der Waals surface area contributed by atoms with Crippen LogP contribution in [0.25, 0.3) is 10.9 Å². The number of halogens is 2. The lowest BCUT2D eigenvalue weighted by molar-refractivity contribution is 0.318. The van der Waals surface area contributed by atoms with Gasteiger partial charge in [0.1, 0.15) is 10.9 Å². The maximum atomic E-state index is 6.28. The van der Waals surface area contributed by atoms with Crippen LogP contribution >= 0.6 is 27.5 Å². The molecule has 0 fully saturated rings. The molecule has 1 heterocycles. The summed E-state index contributed by atoms with van der Waals surface area (Å²) in [5.41, 5.74) is 2.47. The van der Waals surface area contributed by atoms with E-state index in [1.807, 2.05) is 48.5 Å². The molecule has 0 aliphatic heterocycles. The van der Waals surface area contributed by atoms with E-state index in [1.165, 1.54) is 0 Å². The van der Waals surface area contributed by atoms with Gasteiger partial charge in [0, 0.05) is 21.6 Å². The van der Waals surface area contributed by atoms with E-state index >= 15 is 0 Å². The molecule has 3 rings (SSSR count). The van der Waals surface area contributed by atoms with Crippen molar-refractivity contribution in [3.8, 4) is 5.75 Å². The van der Waals surface area contributed by atoms with Crippen LogP contribution in [0.3, 0.4) is 0 Å². The zero-order valence-electron chi connectivity index (χ0n) is 13.2. The molecule has 0 bridgehead atoms. The number of rotatable bonds is 5. The summed E-state index contributed by atoms with van der Waals surface area (Å²) in [5.74, 6) is 0.837. The van der Waals surface area contributed by atoms with Gasteiger partial charge in [-0.1, -0.05) is 34.5 Å². The molecule has 3 nitrogen and oxygen atoms in total. The molecule has 24 heavy (non-hydrogen) atoms. The molecule has 0 amide bonds. The van der Waals surface area contributed by atoms with Crippen LogP contribution in [0.1, 0.15) is 18.9 Å². The Balaban J connectivity index is 1.91. The molecule has 3 aromatic rings. The number of benzene rings is 2. The zero-order chi connectivity index (χ0) is 16.9. The maximum absolute atomic E-state index is 6.28. The summed E-state index contributed by atoms with van der Waals surface area (Å²) in [7, 11) is 0. The van der Waals surface area contributed by atoms with Gasteiger partial charge in [0.15, 0.2) is 0 Å². The first kappa shape index (κ1) is 16.9. The Labute approximate surface area is 154 Å². The van der Waals surface area contributed by atoms with Crippen molar-refractivity contribution in [2.45, 2.75) is 13.3 Å². The van der Waals surface area contributed by atoms with Crippen LogP contribution < -0.4 is 4.74 Å². The number of pyridine rings is 1. The minimum atomic E-state index is 0.436. The molecule has 1 aromatic heterocycles. The molecular weight excluding hydrogens is 388 g/mol. The highest BCUT2D eigenvalue weighted by Crippen LogP contribution is 2.24. The summed E-state index contributed by atoms with van der Waals surface area (Å²) in [4.78, 5) is 8.89. The Hall–Kier alpha value is -1.91.